The van der Waals surface area contributed by atoms with Crippen LogP contribution in [0.1, 0.15) is 26.7 Å². The van der Waals surface area contributed by atoms with Gasteiger partial charge in [-0.3, -0.25) is 12.2 Å². The van der Waals surface area contributed by atoms with Gasteiger partial charge < -0.3 is 12.4 Å². The zero-order valence-electron chi connectivity index (χ0n) is 8.60. The zero-order valence-corrected chi connectivity index (χ0v) is 11.8. The van der Waals surface area contributed by atoms with Crippen LogP contribution in [0.4, 0.5) is 0 Å². The Hall–Kier alpha value is 0.133. The van der Waals surface area contributed by atoms with E-state index in [2.05, 4.69) is 38.2 Å². The van der Waals surface area contributed by atoms with E-state index in [1.807, 2.05) is 12.2 Å². The third-order valence-electron chi connectivity index (χ3n) is 1.69. The van der Waals surface area contributed by atoms with Gasteiger partial charge in [0.15, 0.2) is 0 Å². The number of rotatable bonds is 0. The van der Waals surface area contributed by atoms with E-state index in [0.29, 0.717) is 0 Å². The second-order valence-corrected chi connectivity index (χ2v) is 3.03. The molecule has 0 nitrogen and oxygen atoms in total. The van der Waals surface area contributed by atoms with E-state index in [1.165, 1.54) is 11.1 Å². The van der Waals surface area contributed by atoms with E-state index in [9.17, 15) is 0 Å². The number of halogens is 1. The molecule has 0 atom stereocenters. The monoisotopic (exact) mass is 283 g/mol. The third-order valence-corrected chi connectivity index (χ3v) is 1.69. The summed E-state index contributed by atoms with van der Waals surface area (Å²) in [5.41, 5.74) is 2.72. The fraction of sp³-hybridized carbons (Fsp3) is 0.333. The Balaban J connectivity index is 0. The van der Waals surface area contributed by atoms with Crippen LogP contribution in [0.5, 0.6) is 0 Å². The van der Waals surface area contributed by atoms with Gasteiger partial charge >= 0.3 is 26.2 Å². The molecule has 0 amide bonds. The number of hydrogen-bond donors (Lipinski definition) is 0. The summed E-state index contributed by atoms with van der Waals surface area (Å²) in [5.74, 6) is 0. The van der Waals surface area contributed by atoms with Crippen molar-refractivity contribution >= 4 is 0 Å². The zero-order chi connectivity index (χ0) is 8.81. The molecular formula is C12H14ClZr-. The molecule has 2 heteroatoms. The normalized spacial score (nSPS) is 15.9. The third kappa shape index (κ3) is 7.53. The van der Waals surface area contributed by atoms with Crippen molar-refractivity contribution in [1.82, 2.24) is 0 Å². The van der Waals surface area contributed by atoms with Gasteiger partial charge in [0, 0.05) is 0 Å². The first-order chi connectivity index (χ1) is 5.79. The molecule has 74 valence electrons. The van der Waals surface area contributed by atoms with Crippen molar-refractivity contribution in [3.05, 3.63) is 47.6 Å². The Morgan fingerprint density at radius 3 is 2.14 bits per heavy atom. The predicted molar refractivity (Wildman–Crippen MR) is 52.4 cm³/mol. The molecule has 0 heterocycles. The molecule has 14 heavy (non-hydrogen) atoms. The first-order valence-corrected chi connectivity index (χ1v) is 4.25. The molecule has 0 aromatic carbocycles. The van der Waals surface area contributed by atoms with Gasteiger partial charge in [0.1, 0.15) is 0 Å². The Labute approximate surface area is 112 Å². The van der Waals surface area contributed by atoms with Crippen molar-refractivity contribution in [2.24, 2.45) is 0 Å². The topological polar surface area (TPSA) is 0 Å². The van der Waals surface area contributed by atoms with Gasteiger partial charge in [0.05, 0.1) is 0 Å². The predicted octanol–water partition coefficient (Wildman–Crippen LogP) is 0.393. The molecule has 0 radical (unpaired) electrons. The maximum absolute atomic E-state index is 3.19. The summed E-state index contributed by atoms with van der Waals surface area (Å²) in [6.07, 6.45) is 16.4. The molecule has 0 bridgehead atoms. The molecule has 0 N–H and O–H groups in total. The van der Waals surface area contributed by atoms with Crippen LogP contribution in [-0.2, 0) is 26.2 Å². The molecule has 0 aliphatic heterocycles. The van der Waals surface area contributed by atoms with Crippen LogP contribution in [0.2, 0.25) is 0 Å². The van der Waals surface area contributed by atoms with Crippen LogP contribution < -0.4 is 12.4 Å². The van der Waals surface area contributed by atoms with E-state index in [0.717, 1.165) is 12.8 Å². The summed E-state index contributed by atoms with van der Waals surface area (Å²) in [6, 6.07) is 0. The standard InChI is InChI=1S/C7H9.C5H5.ClH.Zr/c1-6-3-4-7(2)5-6;1-2-4-5-3-1;;/h5H,3H2,1-2H3;1-3H,4H2;1H;/q2*-1;;+2/p-1. The van der Waals surface area contributed by atoms with E-state index < -0.39 is 0 Å². The van der Waals surface area contributed by atoms with Crippen molar-refractivity contribution in [3.8, 4) is 0 Å². The van der Waals surface area contributed by atoms with Crippen molar-refractivity contribution < 1.29 is 38.6 Å². The summed E-state index contributed by atoms with van der Waals surface area (Å²) in [4.78, 5) is 0. The summed E-state index contributed by atoms with van der Waals surface area (Å²) < 4.78 is 0. The van der Waals surface area contributed by atoms with Crippen LogP contribution in [0.25, 0.3) is 0 Å². The van der Waals surface area contributed by atoms with Crippen LogP contribution in [-0.4, -0.2) is 0 Å². The molecule has 2 rings (SSSR count). The summed E-state index contributed by atoms with van der Waals surface area (Å²) in [5, 5.41) is 0. The maximum atomic E-state index is 3.19. The Kier molecular flexibility index (Phi) is 11.4. The van der Waals surface area contributed by atoms with Gasteiger partial charge in [-0.1, -0.05) is 13.8 Å². The Morgan fingerprint density at radius 1 is 1.29 bits per heavy atom. The molecule has 2 aliphatic carbocycles. The number of hydrogen-bond acceptors (Lipinski definition) is 0. The van der Waals surface area contributed by atoms with Crippen molar-refractivity contribution in [3.63, 3.8) is 0 Å². The molecule has 0 saturated carbocycles. The fourth-order valence-corrected chi connectivity index (χ4v) is 1.09. The summed E-state index contributed by atoms with van der Waals surface area (Å²) >= 11 is 0. The molecule has 0 unspecified atom stereocenters. The average Bonchev–Trinajstić information content (AvgIpc) is 2.63. The second-order valence-electron chi connectivity index (χ2n) is 3.03. The molecular weight excluding hydrogens is 271 g/mol. The molecule has 0 aromatic heterocycles. The smallest absolute Gasteiger partial charge is 1.00 e. The van der Waals surface area contributed by atoms with Crippen molar-refractivity contribution in [2.75, 3.05) is 0 Å². The van der Waals surface area contributed by atoms with Gasteiger partial charge in [0.25, 0.3) is 0 Å². The molecule has 0 saturated heterocycles. The van der Waals surface area contributed by atoms with Crippen LogP contribution in [0.3, 0.4) is 0 Å². The minimum Gasteiger partial charge on any atom is -1.00 e. The summed E-state index contributed by atoms with van der Waals surface area (Å²) in [7, 11) is 0. The van der Waals surface area contributed by atoms with Gasteiger partial charge in [-0.25, -0.2) is 23.8 Å². The van der Waals surface area contributed by atoms with Gasteiger partial charge in [-0.05, 0) is 0 Å². The minimum atomic E-state index is 0. The SMILES string of the molecule is CC1=[C-]CC(C)=C1.[C-]1=CC=CC1.[Cl-].[Zr+2]. The van der Waals surface area contributed by atoms with Crippen LogP contribution in [0, 0.1) is 12.2 Å². The maximum Gasteiger partial charge on any atom is 2.00 e. The van der Waals surface area contributed by atoms with Gasteiger partial charge in [-0.2, -0.15) is 11.6 Å². The Morgan fingerprint density at radius 2 is 2.00 bits per heavy atom. The molecule has 0 aromatic rings. The van der Waals surface area contributed by atoms with Crippen LogP contribution in [0.15, 0.2) is 35.5 Å². The van der Waals surface area contributed by atoms with E-state index in [4.69, 9.17) is 0 Å². The van der Waals surface area contributed by atoms with Gasteiger partial charge in [0.2, 0.25) is 0 Å². The first kappa shape index (κ1) is 16.6. The summed E-state index contributed by atoms with van der Waals surface area (Å²) in [6.45, 7) is 4.21. The molecule has 2 aliphatic rings. The van der Waals surface area contributed by atoms with Crippen molar-refractivity contribution in [1.29, 1.82) is 0 Å². The fourth-order valence-electron chi connectivity index (χ4n) is 1.09. The minimum absolute atomic E-state index is 0. The molecule has 0 spiro atoms. The number of allylic oxidation sites excluding steroid dienone is 8. The largest absolute Gasteiger partial charge is 2.00 e. The van der Waals surface area contributed by atoms with E-state index in [1.54, 1.807) is 0 Å². The van der Waals surface area contributed by atoms with Gasteiger partial charge in [-0.15, -0.1) is 12.8 Å². The van der Waals surface area contributed by atoms with Crippen molar-refractivity contribution in [2.45, 2.75) is 26.7 Å². The van der Waals surface area contributed by atoms with E-state index in [-0.39, 0.29) is 38.6 Å². The molecule has 0 fully saturated rings. The Bertz CT molecular complexity index is 249. The first-order valence-electron chi connectivity index (χ1n) is 4.25. The van der Waals surface area contributed by atoms with Crippen LogP contribution >= 0.6 is 0 Å². The second kappa shape index (κ2) is 9.68. The average molecular weight is 285 g/mol. The quantitative estimate of drug-likeness (QED) is 0.565. The van der Waals surface area contributed by atoms with E-state index >= 15 is 0 Å².